The molecule has 2 atom stereocenters. The monoisotopic (exact) mass is 327 g/mol. The van der Waals surface area contributed by atoms with Gasteiger partial charge in [0.25, 0.3) is 5.91 Å². The average molecular weight is 327 g/mol. The lowest BCUT2D eigenvalue weighted by atomic mass is 10.0. The molecule has 1 saturated heterocycles. The molecular weight excluding hydrogens is 306 g/mol. The Morgan fingerprint density at radius 1 is 1.29 bits per heavy atom. The average Bonchev–Trinajstić information content (AvgIpc) is 2.60. The minimum Gasteiger partial charge on any atom is -0.390 e. The van der Waals surface area contributed by atoms with Gasteiger partial charge in [-0.15, -0.1) is 0 Å². The van der Waals surface area contributed by atoms with Crippen molar-refractivity contribution in [3.63, 3.8) is 0 Å². The van der Waals surface area contributed by atoms with Gasteiger partial charge in [-0.05, 0) is 24.6 Å². The molecule has 1 fully saturated rings. The second kappa shape index (κ2) is 7.37. The van der Waals surface area contributed by atoms with Crippen molar-refractivity contribution in [1.82, 2.24) is 20.2 Å². The van der Waals surface area contributed by atoms with Crippen LogP contribution in [0.2, 0.25) is 0 Å². The van der Waals surface area contributed by atoms with Crippen LogP contribution in [0.15, 0.2) is 42.7 Å². The van der Waals surface area contributed by atoms with Crippen molar-refractivity contribution in [2.24, 2.45) is 0 Å². The van der Waals surface area contributed by atoms with Crippen LogP contribution in [0.4, 0.5) is 5.82 Å². The maximum absolute atomic E-state index is 12.2. The Labute approximate surface area is 140 Å². The van der Waals surface area contributed by atoms with Crippen molar-refractivity contribution in [2.75, 3.05) is 18.8 Å². The first kappa shape index (κ1) is 16.4. The highest BCUT2D eigenvalue weighted by Gasteiger charge is 2.29. The summed E-state index contributed by atoms with van der Waals surface area (Å²) in [6.45, 7) is 1.87. The Morgan fingerprint density at radius 3 is 2.83 bits per heavy atom. The predicted octanol–water partition coefficient (Wildman–Crippen LogP) is 0.424. The number of hydrogen-bond acceptors (Lipinski definition) is 6. The molecule has 2 aromatic heterocycles. The van der Waals surface area contributed by atoms with E-state index in [1.165, 1.54) is 0 Å². The summed E-state index contributed by atoms with van der Waals surface area (Å²) >= 11 is 0. The third kappa shape index (κ3) is 3.87. The number of β-amino-alcohol motifs (C(OH)–C–C–N with tert-alkyl or cyclic N) is 1. The summed E-state index contributed by atoms with van der Waals surface area (Å²) in [7, 11) is 0. The van der Waals surface area contributed by atoms with E-state index in [9.17, 15) is 9.90 Å². The predicted molar refractivity (Wildman–Crippen MR) is 90.0 cm³/mol. The molecule has 1 aliphatic heterocycles. The van der Waals surface area contributed by atoms with E-state index < -0.39 is 6.10 Å². The number of piperidine rings is 1. The van der Waals surface area contributed by atoms with Crippen molar-refractivity contribution in [3.05, 3.63) is 54.0 Å². The molecular formula is C17H21N5O2. The number of nitrogens with zero attached hydrogens (tertiary/aromatic N) is 3. The van der Waals surface area contributed by atoms with Gasteiger partial charge in [0.05, 0.1) is 12.1 Å². The molecule has 126 valence electrons. The molecule has 24 heavy (non-hydrogen) atoms. The van der Waals surface area contributed by atoms with Crippen LogP contribution in [0, 0.1) is 0 Å². The molecule has 0 aromatic carbocycles. The Balaban J connectivity index is 1.56. The van der Waals surface area contributed by atoms with Gasteiger partial charge in [-0.3, -0.25) is 14.7 Å². The van der Waals surface area contributed by atoms with E-state index in [1.807, 2.05) is 12.1 Å². The molecule has 7 nitrogen and oxygen atoms in total. The Bertz CT molecular complexity index is 694. The normalized spacial score (nSPS) is 21.4. The standard InChI is InChI=1S/C17H21N5O2/c18-16-12(4-3-8-20-16)10-22-9-6-13(15(23)11-22)21-17(24)14-5-1-2-7-19-14/h1-5,7-8,13,15,23H,6,9-11H2,(H2,18,20)(H,21,24)/t13-,15-/m1/s1. The number of nitrogens with one attached hydrogen (secondary N) is 1. The van der Waals surface area contributed by atoms with E-state index in [2.05, 4.69) is 20.2 Å². The Hall–Kier alpha value is -2.51. The lowest BCUT2D eigenvalue weighted by Crippen LogP contribution is -2.53. The maximum Gasteiger partial charge on any atom is 0.270 e. The van der Waals surface area contributed by atoms with Gasteiger partial charge in [-0.1, -0.05) is 12.1 Å². The smallest absolute Gasteiger partial charge is 0.270 e. The number of nitrogens with two attached hydrogens (primary N) is 1. The fraction of sp³-hybridized carbons (Fsp3) is 0.353. The number of carbonyl (C=O) groups excluding carboxylic acids is 1. The fourth-order valence-electron chi connectivity index (χ4n) is 2.87. The van der Waals surface area contributed by atoms with Gasteiger partial charge in [0.1, 0.15) is 11.5 Å². The summed E-state index contributed by atoms with van der Waals surface area (Å²) in [6.07, 6.45) is 3.27. The first-order valence-corrected chi connectivity index (χ1v) is 7.95. The van der Waals surface area contributed by atoms with Crippen LogP contribution in [0.5, 0.6) is 0 Å². The number of aliphatic hydroxyl groups is 1. The van der Waals surface area contributed by atoms with E-state index in [-0.39, 0.29) is 11.9 Å². The largest absolute Gasteiger partial charge is 0.390 e. The van der Waals surface area contributed by atoms with Crippen molar-refractivity contribution in [3.8, 4) is 0 Å². The van der Waals surface area contributed by atoms with Gasteiger partial charge < -0.3 is 16.2 Å². The van der Waals surface area contributed by atoms with Crippen LogP contribution in [0.25, 0.3) is 0 Å². The third-order valence-electron chi connectivity index (χ3n) is 4.20. The molecule has 3 heterocycles. The molecule has 0 unspecified atom stereocenters. The molecule has 4 N–H and O–H groups in total. The molecule has 7 heteroatoms. The minimum absolute atomic E-state index is 0.260. The van der Waals surface area contributed by atoms with Crippen LogP contribution in [0.1, 0.15) is 22.5 Å². The topological polar surface area (TPSA) is 104 Å². The lowest BCUT2D eigenvalue weighted by Gasteiger charge is -2.36. The first-order valence-electron chi connectivity index (χ1n) is 7.95. The quantitative estimate of drug-likeness (QED) is 0.752. The zero-order valence-corrected chi connectivity index (χ0v) is 13.3. The first-order chi connectivity index (χ1) is 11.6. The van der Waals surface area contributed by atoms with Crippen molar-refractivity contribution in [1.29, 1.82) is 0 Å². The number of hydrogen-bond donors (Lipinski definition) is 3. The molecule has 1 aliphatic rings. The second-order valence-electron chi connectivity index (χ2n) is 5.93. The van der Waals surface area contributed by atoms with Gasteiger partial charge >= 0.3 is 0 Å². The van der Waals surface area contributed by atoms with Crippen LogP contribution < -0.4 is 11.1 Å². The van der Waals surface area contributed by atoms with E-state index in [0.29, 0.717) is 31.0 Å². The van der Waals surface area contributed by atoms with E-state index in [0.717, 1.165) is 12.1 Å². The minimum atomic E-state index is -0.635. The Kier molecular flexibility index (Phi) is 5.02. The second-order valence-corrected chi connectivity index (χ2v) is 5.93. The highest BCUT2D eigenvalue weighted by Crippen LogP contribution is 2.17. The maximum atomic E-state index is 12.2. The zero-order chi connectivity index (χ0) is 16.9. The highest BCUT2D eigenvalue weighted by molar-refractivity contribution is 5.92. The lowest BCUT2D eigenvalue weighted by molar-refractivity contribution is 0.0349. The van der Waals surface area contributed by atoms with Gasteiger partial charge in [-0.25, -0.2) is 4.98 Å². The van der Waals surface area contributed by atoms with Crippen molar-refractivity contribution < 1.29 is 9.90 Å². The zero-order valence-electron chi connectivity index (χ0n) is 13.3. The molecule has 0 radical (unpaired) electrons. The van der Waals surface area contributed by atoms with Gasteiger partial charge in [0, 0.05) is 37.6 Å². The summed E-state index contributed by atoms with van der Waals surface area (Å²) in [5.41, 5.74) is 7.17. The van der Waals surface area contributed by atoms with Crippen LogP contribution in [-0.2, 0) is 6.54 Å². The van der Waals surface area contributed by atoms with Crippen LogP contribution in [-0.4, -0.2) is 51.1 Å². The van der Waals surface area contributed by atoms with E-state index >= 15 is 0 Å². The number of anilines is 1. The van der Waals surface area contributed by atoms with Gasteiger partial charge in [0.2, 0.25) is 0 Å². The SMILES string of the molecule is Nc1ncccc1CN1CC[C@@H](NC(=O)c2ccccn2)[C@H](O)C1. The van der Waals surface area contributed by atoms with E-state index in [1.54, 1.807) is 30.6 Å². The number of nitrogen functional groups attached to an aromatic ring is 1. The fourth-order valence-corrected chi connectivity index (χ4v) is 2.87. The molecule has 0 spiro atoms. The number of likely N-dealkylation sites (tertiary alicyclic amines) is 1. The molecule has 0 aliphatic carbocycles. The third-order valence-corrected chi connectivity index (χ3v) is 4.20. The van der Waals surface area contributed by atoms with Crippen molar-refractivity contribution >= 4 is 11.7 Å². The van der Waals surface area contributed by atoms with Crippen LogP contribution >= 0.6 is 0 Å². The summed E-state index contributed by atoms with van der Waals surface area (Å²) < 4.78 is 0. The molecule has 1 amide bonds. The Morgan fingerprint density at radius 2 is 2.12 bits per heavy atom. The van der Waals surface area contributed by atoms with Crippen molar-refractivity contribution in [2.45, 2.75) is 25.1 Å². The molecule has 0 saturated carbocycles. The number of amides is 1. The number of aromatic nitrogens is 2. The molecule has 0 bridgehead atoms. The summed E-state index contributed by atoms with van der Waals surface area (Å²) in [6, 6.07) is 8.68. The van der Waals surface area contributed by atoms with Gasteiger partial charge in [0.15, 0.2) is 0 Å². The summed E-state index contributed by atoms with van der Waals surface area (Å²) in [4.78, 5) is 22.4. The van der Waals surface area contributed by atoms with Gasteiger partial charge in [-0.2, -0.15) is 0 Å². The number of pyridine rings is 2. The summed E-state index contributed by atoms with van der Waals surface area (Å²) in [5.74, 6) is 0.252. The number of rotatable bonds is 4. The molecule has 2 aromatic rings. The van der Waals surface area contributed by atoms with Crippen LogP contribution in [0.3, 0.4) is 0 Å². The molecule has 3 rings (SSSR count). The highest BCUT2D eigenvalue weighted by atomic mass is 16.3. The summed E-state index contributed by atoms with van der Waals surface area (Å²) in [5, 5.41) is 13.2. The number of carbonyl (C=O) groups is 1. The number of aliphatic hydroxyl groups excluding tert-OH is 1. The van der Waals surface area contributed by atoms with E-state index in [4.69, 9.17) is 5.73 Å².